The van der Waals surface area contributed by atoms with E-state index in [0.29, 0.717) is 28.7 Å². The third-order valence-electron chi connectivity index (χ3n) is 4.30. The molecule has 29 heavy (non-hydrogen) atoms. The monoisotopic (exact) mass is 428 g/mol. The predicted molar refractivity (Wildman–Crippen MR) is 114 cm³/mol. The fourth-order valence-electron chi connectivity index (χ4n) is 2.98. The van der Waals surface area contributed by atoms with Crippen molar-refractivity contribution in [2.45, 2.75) is 18.7 Å². The Bertz CT molecular complexity index is 1250. The van der Waals surface area contributed by atoms with Gasteiger partial charge in [-0.1, -0.05) is 30.3 Å². The van der Waals surface area contributed by atoms with Crippen LogP contribution in [0.25, 0.3) is 17.0 Å². The topological polar surface area (TPSA) is 101 Å². The minimum absolute atomic E-state index is 0.240. The lowest BCUT2D eigenvalue weighted by Gasteiger charge is -2.08. The number of benzene rings is 1. The first-order valence-electron chi connectivity index (χ1n) is 9.02. The Morgan fingerprint density at radius 3 is 2.55 bits per heavy atom. The first-order valence-corrected chi connectivity index (χ1v) is 11.3. The second-order valence-electron chi connectivity index (χ2n) is 6.48. The Morgan fingerprint density at radius 2 is 1.83 bits per heavy atom. The molecule has 4 rings (SSSR count). The summed E-state index contributed by atoms with van der Waals surface area (Å²) in [5, 5.41) is 16.0. The number of fused-ring (bicyclic) bond motifs is 1. The second-order valence-corrected chi connectivity index (χ2v) is 9.68. The molecule has 0 aliphatic carbocycles. The molecule has 0 spiro atoms. The summed E-state index contributed by atoms with van der Waals surface area (Å²) in [6.45, 7) is 4.34. The largest absolute Gasteiger partial charge is 0.367 e. The van der Waals surface area contributed by atoms with Crippen molar-refractivity contribution in [2.75, 3.05) is 18.4 Å². The van der Waals surface area contributed by atoms with Gasteiger partial charge in [0.1, 0.15) is 5.82 Å². The van der Waals surface area contributed by atoms with E-state index in [4.69, 9.17) is 0 Å². The maximum Gasteiger partial charge on any atom is 0.241 e. The van der Waals surface area contributed by atoms with Gasteiger partial charge in [0.25, 0.3) is 0 Å². The van der Waals surface area contributed by atoms with E-state index >= 15 is 0 Å². The van der Waals surface area contributed by atoms with Crippen LogP contribution in [-0.2, 0) is 10.0 Å². The molecular formula is C19H20N6O2S2. The molecule has 0 aliphatic heterocycles. The second kappa shape index (κ2) is 7.90. The lowest BCUT2D eigenvalue weighted by atomic mass is 10.2. The Balaban J connectivity index is 1.43. The number of sulfonamides is 1. The molecule has 0 radical (unpaired) electrons. The normalized spacial score (nSPS) is 11.8. The van der Waals surface area contributed by atoms with Crippen LogP contribution in [0.1, 0.15) is 9.75 Å². The first kappa shape index (κ1) is 19.5. The Labute approximate surface area is 172 Å². The molecule has 10 heteroatoms. The molecule has 8 nitrogen and oxygen atoms in total. The molecule has 2 N–H and O–H groups in total. The highest BCUT2D eigenvalue weighted by Crippen LogP contribution is 2.24. The van der Waals surface area contributed by atoms with Crippen LogP contribution in [0.15, 0.2) is 53.4 Å². The van der Waals surface area contributed by atoms with Gasteiger partial charge >= 0.3 is 0 Å². The number of anilines is 1. The van der Waals surface area contributed by atoms with E-state index in [1.165, 1.54) is 11.3 Å². The van der Waals surface area contributed by atoms with Gasteiger partial charge in [0.05, 0.1) is 4.90 Å². The predicted octanol–water partition coefficient (Wildman–Crippen LogP) is 2.86. The third kappa shape index (κ3) is 4.14. The molecule has 0 unspecified atom stereocenters. The number of aromatic nitrogens is 4. The van der Waals surface area contributed by atoms with Crippen LogP contribution in [0.5, 0.6) is 0 Å². The zero-order chi connectivity index (χ0) is 20.4. The summed E-state index contributed by atoms with van der Waals surface area (Å²) in [5.41, 5.74) is 1.55. The van der Waals surface area contributed by atoms with Crippen LogP contribution in [-0.4, -0.2) is 41.3 Å². The first-order chi connectivity index (χ1) is 13.9. The molecule has 150 valence electrons. The zero-order valence-electron chi connectivity index (χ0n) is 16.0. The molecule has 0 saturated heterocycles. The van der Waals surface area contributed by atoms with Crippen LogP contribution in [0, 0.1) is 13.8 Å². The summed E-state index contributed by atoms with van der Waals surface area (Å²) in [5.74, 6) is 1.25. The Kier molecular flexibility index (Phi) is 5.31. The molecule has 3 aromatic heterocycles. The summed E-state index contributed by atoms with van der Waals surface area (Å²) in [6, 6.07) is 15.0. The van der Waals surface area contributed by atoms with Crippen LogP contribution >= 0.6 is 11.3 Å². The van der Waals surface area contributed by atoms with Crippen molar-refractivity contribution in [1.29, 1.82) is 0 Å². The average Bonchev–Trinajstić information content (AvgIpc) is 3.28. The average molecular weight is 429 g/mol. The molecule has 0 fully saturated rings. The number of rotatable bonds is 7. The molecule has 0 atom stereocenters. The molecule has 1 aromatic carbocycles. The number of aryl methyl sites for hydroxylation is 2. The Morgan fingerprint density at radius 1 is 1.03 bits per heavy atom. The van der Waals surface area contributed by atoms with E-state index in [1.54, 1.807) is 16.6 Å². The minimum Gasteiger partial charge on any atom is -0.367 e. The van der Waals surface area contributed by atoms with Gasteiger partial charge in [-0.3, -0.25) is 0 Å². The zero-order valence-corrected chi connectivity index (χ0v) is 17.6. The van der Waals surface area contributed by atoms with Gasteiger partial charge in [-0.05, 0) is 32.0 Å². The lowest BCUT2D eigenvalue weighted by molar-refractivity contribution is 0.582. The van der Waals surface area contributed by atoms with E-state index < -0.39 is 10.0 Å². The van der Waals surface area contributed by atoms with Gasteiger partial charge in [-0.2, -0.15) is 4.52 Å². The number of hydrogen-bond donors (Lipinski definition) is 2. The van der Waals surface area contributed by atoms with E-state index in [0.717, 1.165) is 15.3 Å². The molecular weight excluding hydrogens is 408 g/mol. The highest BCUT2D eigenvalue weighted by atomic mass is 32.2. The fourth-order valence-corrected chi connectivity index (χ4v) is 5.56. The van der Waals surface area contributed by atoms with Crippen LogP contribution in [0.3, 0.4) is 0 Å². The van der Waals surface area contributed by atoms with Crippen LogP contribution in [0.4, 0.5) is 5.82 Å². The highest BCUT2D eigenvalue weighted by molar-refractivity contribution is 7.89. The van der Waals surface area contributed by atoms with Crippen molar-refractivity contribution in [2.24, 2.45) is 0 Å². The van der Waals surface area contributed by atoms with Crippen LogP contribution < -0.4 is 10.0 Å². The van der Waals surface area contributed by atoms with Crippen molar-refractivity contribution in [1.82, 2.24) is 24.5 Å². The van der Waals surface area contributed by atoms with Crippen molar-refractivity contribution < 1.29 is 8.42 Å². The summed E-state index contributed by atoms with van der Waals surface area (Å²) in [6.07, 6.45) is 0. The SMILES string of the molecule is Cc1cc(S(=O)(=O)NCCNc2ccc3nnc(-c4ccccc4)n3n2)c(C)s1. The summed E-state index contributed by atoms with van der Waals surface area (Å²) in [7, 11) is -3.52. The van der Waals surface area contributed by atoms with Gasteiger partial charge in [0.2, 0.25) is 10.0 Å². The number of nitrogens with one attached hydrogen (secondary N) is 2. The maximum absolute atomic E-state index is 12.5. The molecule has 3 heterocycles. The van der Waals surface area contributed by atoms with E-state index in [9.17, 15) is 8.42 Å². The summed E-state index contributed by atoms with van der Waals surface area (Å²) < 4.78 is 29.2. The molecule has 4 aromatic rings. The molecule has 0 saturated carbocycles. The van der Waals surface area contributed by atoms with Gasteiger partial charge in [-0.15, -0.1) is 26.6 Å². The van der Waals surface area contributed by atoms with Gasteiger partial charge in [-0.25, -0.2) is 13.1 Å². The van der Waals surface area contributed by atoms with Crippen molar-refractivity contribution in [3.05, 3.63) is 58.3 Å². The number of thiophene rings is 1. The summed E-state index contributed by atoms with van der Waals surface area (Å²) >= 11 is 1.47. The maximum atomic E-state index is 12.5. The third-order valence-corrected chi connectivity index (χ3v) is 6.99. The summed E-state index contributed by atoms with van der Waals surface area (Å²) in [4.78, 5) is 2.11. The van der Waals surface area contributed by atoms with E-state index in [1.807, 2.05) is 50.2 Å². The number of nitrogens with zero attached hydrogens (tertiary/aromatic N) is 4. The molecule has 0 amide bonds. The number of hydrogen-bond acceptors (Lipinski definition) is 7. The molecule has 0 bridgehead atoms. The van der Waals surface area contributed by atoms with Crippen molar-refractivity contribution in [3.8, 4) is 11.4 Å². The van der Waals surface area contributed by atoms with Gasteiger partial charge in [0, 0.05) is 28.4 Å². The van der Waals surface area contributed by atoms with Gasteiger partial charge in [0.15, 0.2) is 11.5 Å². The molecule has 0 aliphatic rings. The quantitative estimate of drug-likeness (QED) is 0.439. The van der Waals surface area contributed by atoms with Gasteiger partial charge < -0.3 is 5.32 Å². The van der Waals surface area contributed by atoms with Crippen molar-refractivity contribution in [3.63, 3.8) is 0 Å². The Hall–Kier alpha value is -2.82. The van der Waals surface area contributed by atoms with E-state index in [2.05, 4.69) is 25.3 Å². The standard InChI is InChI=1S/C19H20N6O2S2/c1-13-12-16(14(2)28-13)29(26,27)21-11-10-20-17-8-9-18-22-23-19(25(18)24-17)15-6-4-3-5-7-15/h3-9,12,21H,10-11H2,1-2H3,(H,20,24). The smallest absolute Gasteiger partial charge is 0.241 e. The van der Waals surface area contributed by atoms with Crippen molar-refractivity contribution >= 4 is 32.8 Å². The highest BCUT2D eigenvalue weighted by Gasteiger charge is 2.18. The minimum atomic E-state index is -3.52. The van der Waals surface area contributed by atoms with E-state index in [-0.39, 0.29) is 6.54 Å². The lowest BCUT2D eigenvalue weighted by Crippen LogP contribution is -2.29. The van der Waals surface area contributed by atoms with Crippen LogP contribution in [0.2, 0.25) is 0 Å². The fraction of sp³-hybridized carbons (Fsp3) is 0.211.